The van der Waals surface area contributed by atoms with E-state index in [4.69, 9.17) is 5.11 Å². The molecule has 0 atom stereocenters. The molecule has 0 heterocycles. The van der Waals surface area contributed by atoms with Crippen LogP contribution >= 0.6 is 0 Å². The molecule has 0 radical (unpaired) electrons. The van der Waals surface area contributed by atoms with E-state index in [0.29, 0.717) is 11.6 Å². The van der Waals surface area contributed by atoms with E-state index in [9.17, 15) is 9.18 Å². The zero-order valence-electron chi connectivity index (χ0n) is 12.6. The Hall–Kier alpha value is -1.84. The molecular formula is C17H22FNO2. The molecule has 114 valence electrons. The average Bonchev–Trinajstić information content (AvgIpc) is 2.45. The van der Waals surface area contributed by atoms with E-state index in [1.165, 1.54) is 25.0 Å². The lowest BCUT2D eigenvalue weighted by molar-refractivity contribution is -0.131. The Bertz CT molecular complexity index is 534. The number of carboxylic acid groups (broad SMARTS) is 1. The lowest BCUT2D eigenvalue weighted by atomic mass is 9.86. The SMILES string of the molecule is CC1CCC(N(C)c2cccc(F)c2/C=C/C(=O)O)CC1. The summed E-state index contributed by atoms with van der Waals surface area (Å²) in [5.41, 5.74) is 1.10. The van der Waals surface area contributed by atoms with Gasteiger partial charge >= 0.3 is 5.97 Å². The minimum Gasteiger partial charge on any atom is -0.478 e. The molecule has 4 heteroatoms. The van der Waals surface area contributed by atoms with Gasteiger partial charge in [0.2, 0.25) is 0 Å². The minimum absolute atomic E-state index is 0.348. The summed E-state index contributed by atoms with van der Waals surface area (Å²) in [5, 5.41) is 8.75. The Morgan fingerprint density at radius 1 is 1.33 bits per heavy atom. The van der Waals surface area contributed by atoms with Crippen molar-refractivity contribution in [2.45, 2.75) is 38.6 Å². The van der Waals surface area contributed by atoms with Crippen LogP contribution in [0.3, 0.4) is 0 Å². The van der Waals surface area contributed by atoms with Gasteiger partial charge in [0.15, 0.2) is 0 Å². The molecule has 1 N–H and O–H groups in total. The smallest absolute Gasteiger partial charge is 0.328 e. The largest absolute Gasteiger partial charge is 0.478 e. The van der Waals surface area contributed by atoms with Gasteiger partial charge in [-0.2, -0.15) is 0 Å². The molecule has 1 aromatic rings. The number of hydrogen-bond donors (Lipinski definition) is 1. The molecule has 1 aliphatic carbocycles. The molecule has 0 aromatic heterocycles. The van der Waals surface area contributed by atoms with E-state index in [1.807, 2.05) is 13.1 Å². The molecule has 0 amide bonds. The van der Waals surface area contributed by atoms with Crippen molar-refractivity contribution in [1.82, 2.24) is 0 Å². The zero-order valence-corrected chi connectivity index (χ0v) is 12.6. The summed E-state index contributed by atoms with van der Waals surface area (Å²) in [7, 11) is 1.97. The summed E-state index contributed by atoms with van der Waals surface area (Å²) in [4.78, 5) is 12.8. The Balaban J connectivity index is 2.26. The number of hydrogen-bond acceptors (Lipinski definition) is 2. The average molecular weight is 291 g/mol. The van der Waals surface area contributed by atoms with Crippen molar-refractivity contribution < 1.29 is 14.3 Å². The molecule has 1 fully saturated rings. The van der Waals surface area contributed by atoms with Crippen LogP contribution in [0.2, 0.25) is 0 Å². The van der Waals surface area contributed by atoms with Gasteiger partial charge in [-0.3, -0.25) is 0 Å². The van der Waals surface area contributed by atoms with Crippen molar-refractivity contribution in [3.8, 4) is 0 Å². The van der Waals surface area contributed by atoms with Crippen LogP contribution < -0.4 is 4.90 Å². The number of nitrogens with zero attached hydrogens (tertiary/aromatic N) is 1. The van der Waals surface area contributed by atoms with E-state index < -0.39 is 5.97 Å². The highest BCUT2D eigenvalue weighted by atomic mass is 19.1. The number of anilines is 1. The minimum atomic E-state index is -1.07. The van der Waals surface area contributed by atoms with Gasteiger partial charge in [0.1, 0.15) is 5.82 Å². The molecule has 0 bridgehead atoms. The summed E-state index contributed by atoms with van der Waals surface area (Å²) in [5.74, 6) is -0.701. The number of benzene rings is 1. The van der Waals surface area contributed by atoms with Crippen LogP contribution in [-0.2, 0) is 4.79 Å². The second kappa shape index (κ2) is 6.74. The van der Waals surface area contributed by atoms with Gasteiger partial charge in [-0.15, -0.1) is 0 Å². The second-order valence-electron chi connectivity index (χ2n) is 5.87. The van der Waals surface area contributed by atoms with E-state index in [1.54, 1.807) is 6.07 Å². The highest BCUT2D eigenvalue weighted by Gasteiger charge is 2.23. The molecule has 1 aromatic carbocycles. The van der Waals surface area contributed by atoms with E-state index in [2.05, 4.69) is 11.8 Å². The van der Waals surface area contributed by atoms with Crippen LogP contribution in [0.15, 0.2) is 24.3 Å². The van der Waals surface area contributed by atoms with Crippen molar-refractivity contribution in [2.24, 2.45) is 5.92 Å². The molecule has 3 nitrogen and oxygen atoms in total. The first-order valence-corrected chi connectivity index (χ1v) is 7.41. The maximum Gasteiger partial charge on any atom is 0.328 e. The van der Waals surface area contributed by atoms with E-state index in [0.717, 1.165) is 30.5 Å². The zero-order chi connectivity index (χ0) is 15.4. The molecule has 1 saturated carbocycles. The highest BCUT2D eigenvalue weighted by molar-refractivity contribution is 5.87. The summed E-state index contributed by atoms with van der Waals surface area (Å²) < 4.78 is 14.0. The normalized spacial score (nSPS) is 22.4. The number of carbonyl (C=O) groups is 1. The van der Waals surface area contributed by atoms with Gasteiger partial charge < -0.3 is 10.0 Å². The molecule has 0 unspecified atom stereocenters. The fourth-order valence-electron chi connectivity index (χ4n) is 2.98. The van der Waals surface area contributed by atoms with Crippen LogP contribution in [0.1, 0.15) is 38.2 Å². The Morgan fingerprint density at radius 3 is 2.62 bits per heavy atom. The van der Waals surface area contributed by atoms with Crippen LogP contribution in [0.25, 0.3) is 6.08 Å². The van der Waals surface area contributed by atoms with Crippen molar-refractivity contribution in [3.63, 3.8) is 0 Å². The summed E-state index contributed by atoms with van der Waals surface area (Å²) >= 11 is 0. The number of halogens is 1. The van der Waals surface area contributed by atoms with Gasteiger partial charge in [-0.25, -0.2) is 9.18 Å². The van der Waals surface area contributed by atoms with Crippen LogP contribution in [0, 0.1) is 11.7 Å². The number of carboxylic acids is 1. The second-order valence-corrected chi connectivity index (χ2v) is 5.87. The van der Waals surface area contributed by atoms with Gasteiger partial charge in [-0.05, 0) is 49.8 Å². The van der Waals surface area contributed by atoms with E-state index in [-0.39, 0.29) is 5.82 Å². The van der Waals surface area contributed by atoms with Crippen LogP contribution in [-0.4, -0.2) is 24.2 Å². The Labute approximate surface area is 125 Å². The summed E-state index contributed by atoms with van der Waals surface area (Å²) in [6, 6.07) is 5.27. The fraction of sp³-hybridized carbons (Fsp3) is 0.471. The van der Waals surface area contributed by atoms with Gasteiger partial charge in [0, 0.05) is 30.4 Å². The van der Waals surface area contributed by atoms with E-state index >= 15 is 0 Å². The predicted molar refractivity (Wildman–Crippen MR) is 82.9 cm³/mol. The molecule has 21 heavy (non-hydrogen) atoms. The summed E-state index contributed by atoms with van der Waals surface area (Å²) in [6.45, 7) is 2.26. The highest BCUT2D eigenvalue weighted by Crippen LogP contribution is 2.32. The van der Waals surface area contributed by atoms with Crippen LogP contribution in [0.5, 0.6) is 0 Å². The van der Waals surface area contributed by atoms with Gasteiger partial charge in [0.25, 0.3) is 0 Å². The fourth-order valence-corrected chi connectivity index (χ4v) is 2.98. The topological polar surface area (TPSA) is 40.5 Å². The lowest BCUT2D eigenvalue weighted by Crippen LogP contribution is -2.35. The Kier molecular flexibility index (Phi) is 4.99. The van der Waals surface area contributed by atoms with Crippen molar-refractivity contribution in [2.75, 3.05) is 11.9 Å². The quantitative estimate of drug-likeness (QED) is 0.854. The third kappa shape index (κ3) is 3.84. The first-order chi connectivity index (χ1) is 9.99. The van der Waals surface area contributed by atoms with Gasteiger partial charge in [-0.1, -0.05) is 13.0 Å². The maximum atomic E-state index is 14.0. The third-order valence-electron chi connectivity index (χ3n) is 4.34. The lowest BCUT2D eigenvalue weighted by Gasteiger charge is -2.35. The monoisotopic (exact) mass is 291 g/mol. The molecule has 0 aliphatic heterocycles. The predicted octanol–water partition coefficient (Wildman–Crippen LogP) is 3.94. The first kappa shape index (κ1) is 15.5. The van der Waals surface area contributed by atoms with Crippen molar-refractivity contribution in [1.29, 1.82) is 0 Å². The maximum absolute atomic E-state index is 14.0. The number of rotatable bonds is 4. The molecule has 2 rings (SSSR count). The first-order valence-electron chi connectivity index (χ1n) is 7.41. The molecule has 0 spiro atoms. The molecule has 1 aliphatic rings. The molecular weight excluding hydrogens is 269 g/mol. The number of aliphatic carboxylic acids is 1. The van der Waals surface area contributed by atoms with Crippen molar-refractivity contribution >= 4 is 17.7 Å². The van der Waals surface area contributed by atoms with Gasteiger partial charge in [0.05, 0.1) is 0 Å². The third-order valence-corrected chi connectivity index (χ3v) is 4.34. The van der Waals surface area contributed by atoms with Crippen molar-refractivity contribution in [3.05, 3.63) is 35.7 Å². The molecule has 0 saturated heterocycles. The summed E-state index contributed by atoms with van der Waals surface area (Å²) in [6.07, 6.45) is 6.88. The Morgan fingerprint density at radius 2 is 2.00 bits per heavy atom. The standard InChI is InChI=1S/C17H22FNO2/c1-12-6-8-13(9-7-12)19(2)16-5-3-4-15(18)14(16)10-11-17(20)21/h3-5,10-13H,6-9H2,1-2H3,(H,20,21)/b11-10+. The van der Waals surface area contributed by atoms with Crippen LogP contribution in [0.4, 0.5) is 10.1 Å².